The minimum Gasteiger partial charge on any atom is -0.503 e. The molecule has 2 N–H and O–H groups in total. The minimum atomic E-state index is -0.814. The van der Waals surface area contributed by atoms with Crippen molar-refractivity contribution >= 4 is 17.0 Å². The number of hydrogen-bond donors (Lipinski definition) is 2. The summed E-state index contributed by atoms with van der Waals surface area (Å²) in [4.78, 5) is 16.2. The Balaban J connectivity index is 1.67. The molecule has 142 valence electrons. The summed E-state index contributed by atoms with van der Waals surface area (Å²) in [5, 5.41) is 22.3. The Labute approximate surface area is 166 Å². The maximum Gasteiger partial charge on any atom is 0.223 e. The van der Waals surface area contributed by atoms with E-state index in [1.54, 1.807) is 10.9 Å². The van der Waals surface area contributed by atoms with Crippen LogP contribution >= 0.6 is 11.3 Å². The van der Waals surface area contributed by atoms with Gasteiger partial charge in [0.15, 0.2) is 5.75 Å². The SMILES string of the molecule is O=c1cc(CC(O)c2cscn2)n(C2=CC=CC(c3ccccc3)C2)cc1O. The highest BCUT2D eigenvalue weighted by Crippen LogP contribution is 2.32. The lowest BCUT2D eigenvalue weighted by Crippen LogP contribution is -2.16. The van der Waals surface area contributed by atoms with Crippen molar-refractivity contribution in [3.8, 4) is 5.75 Å². The molecular weight excluding hydrogens is 372 g/mol. The second kappa shape index (κ2) is 7.96. The highest BCUT2D eigenvalue weighted by molar-refractivity contribution is 7.07. The van der Waals surface area contributed by atoms with Gasteiger partial charge in [0.2, 0.25) is 5.43 Å². The Morgan fingerprint density at radius 3 is 2.86 bits per heavy atom. The number of aromatic hydroxyl groups is 1. The molecule has 0 radical (unpaired) electrons. The third-order valence-corrected chi connectivity index (χ3v) is 5.51. The maximum atomic E-state index is 12.0. The standard InChI is InChI=1S/C22H20N2O3S/c25-20(19-13-28-14-23-19)10-18-11-21(26)22(27)12-24(18)17-8-4-7-16(9-17)15-5-2-1-3-6-15/h1-8,11-14,16,20,25,27H,9-10H2. The van der Waals surface area contributed by atoms with Crippen LogP contribution in [0, 0.1) is 0 Å². The maximum absolute atomic E-state index is 12.0. The fourth-order valence-electron chi connectivity index (χ4n) is 3.45. The average Bonchev–Trinajstić information content (AvgIpc) is 3.26. The van der Waals surface area contributed by atoms with Gasteiger partial charge in [-0.1, -0.05) is 42.5 Å². The van der Waals surface area contributed by atoms with Crippen LogP contribution in [0.1, 0.15) is 35.4 Å². The van der Waals surface area contributed by atoms with E-state index in [4.69, 9.17) is 0 Å². The molecule has 5 nitrogen and oxygen atoms in total. The quantitative estimate of drug-likeness (QED) is 0.691. The van der Waals surface area contributed by atoms with Gasteiger partial charge in [-0.15, -0.1) is 11.3 Å². The monoisotopic (exact) mass is 392 g/mol. The van der Waals surface area contributed by atoms with E-state index in [0.717, 1.165) is 12.1 Å². The number of aromatic nitrogens is 2. The Kier molecular flexibility index (Phi) is 5.23. The van der Waals surface area contributed by atoms with Crippen LogP contribution in [0.25, 0.3) is 5.70 Å². The third-order valence-electron chi connectivity index (χ3n) is 4.90. The molecule has 28 heavy (non-hydrogen) atoms. The molecule has 3 aromatic rings. The van der Waals surface area contributed by atoms with E-state index >= 15 is 0 Å². The normalized spacial score (nSPS) is 17.3. The highest BCUT2D eigenvalue weighted by atomic mass is 32.1. The minimum absolute atomic E-state index is 0.207. The van der Waals surface area contributed by atoms with Crippen LogP contribution in [0.15, 0.2) is 76.5 Å². The molecule has 0 saturated carbocycles. The van der Waals surface area contributed by atoms with Gasteiger partial charge in [-0.3, -0.25) is 4.79 Å². The third kappa shape index (κ3) is 3.83. The first-order valence-corrected chi connectivity index (χ1v) is 9.99. The molecule has 2 unspecified atom stereocenters. The largest absolute Gasteiger partial charge is 0.503 e. The fourth-order valence-corrected chi connectivity index (χ4v) is 4.05. The van der Waals surface area contributed by atoms with Crippen LogP contribution in [-0.4, -0.2) is 19.8 Å². The molecule has 4 rings (SSSR count). The van der Waals surface area contributed by atoms with Gasteiger partial charge in [-0.25, -0.2) is 4.98 Å². The van der Waals surface area contributed by atoms with Crippen molar-refractivity contribution in [1.82, 2.24) is 9.55 Å². The number of benzene rings is 1. The molecule has 6 heteroatoms. The van der Waals surface area contributed by atoms with E-state index in [1.807, 2.05) is 34.9 Å². The number of allylic oxidation sites excluding steroid dienone is 4. The zero-order valence-electron chi connectivity index (χ0n) is 15.1. The summed E-state index contributed by atoms with van der Waals surface area (Å²) in [5.74, 6) is -0.0994. The van der Waals surface area contributed by atoms with E-state index in [-0.39, 0.29) is 18.1 Å². The van der Waals surface area contributed by atoms with E-state index < -0.39 is 11.5 Å². The predicted octanol–water partition coefficient (Wildman–Crippen LogP) is 3.87. The number of aliphatic hydroxyl groups excluding tert-OH is 1. The zero-order valence-corrected chi connectivity index (χ0v) is 15.9. The van der Waals surface area contributed by atoms with Crippen LogP contribution in [-0.2, 0) is 6.42 Å². The summed E-state index contributed by atoms with van der Waals surface area (Å²) in [5.41, 5.74) is 4.59. The van der Waals surface area contributed by atoms with Crippen molar-refractivity contribution in [1.29, 1.82) is 0 Å². The molecule has 2 atom stereocenters. The van der Waals surface area contributed by atoms with Crippen LogP contribution in [0.3, 0.4) is 0 Å². The van der Waals surface area contributed by atoms with Crippen LogP contribution in [0.2, 0.25) is 0 Å². The van der Waals surface area contributed by atoms with Crippen molar-refractivity contribution in [2.24, 2.45) is 0 Å². The van der Waals surface area contributed by atoms with Gasteiger partial charge in [0.25, 0.3) is 0 Å². The van der Waals surface area contributed by atoms with Crippen molar-refractivity contribution in [2.45, 2.75) is 24.9 Å². The number of nitrogens with zero attached hydrogens (tertiary/aromatic N) is 2. The van der Waals surface area contributed by atoms with Gasteiger partial charge in [-0.05, 0) is 18.1 Å². The van der Waals surface area contributed by atoms with Crippen molar-refractivity contribution in [3.05, 3.63) is 98.9 Å². The average molecular weight is 392 g/mol. The Hall–Kier alpha value is -2.96. The number of rotatable bonds is 5. The Morgan fingerprint density at radius 1 is 1.29 bits per heavy atom. The van der Waals surface area contributed by atoms with E-state index in [0.29, 0.717) is 11.4 Å². The molecule has 0 amide bonds. The van der Waals surface area contributed by atoms with Gasteiger partial charge >= 0.3 is 0 Å². The van der Waals surface area contributed by atoms with Crippen LogP contribution in [0.4, 0.5) is 0 Å². The highest BCUT2D eigenvalue weighted by Gasteiger charge is 2.19. The Bertz CT molecular complexity index is 1070. The lowest BCUT2D eigenvalue weighted by atomic mass is 9.90. The van der Waals surface area contributed by atoms with Crippen molar-refractivity contribution < 1.29 is 10.2 Å². The first-order valence-electron chi connectivity index (χ1n) is 9.05. The lowest BCUT2D eigenvalue weighted by molar-refractivity contribution is 0.172. The number of pyridine rings is 1. The number of hydrogen-bond acceptors (Lipinski definition) is 5. The summed E-state index contributed by atoms with van der Waals surface area (Å²) in [7, 11) is 0. The lowest BCUT2D eigenvalue weighted by Gasteiger charge is -2.24. The molecule has 1 aliphatic carbocycles. The Morgan fingerprint density at radius 2 is 2.11 bits per heavy atom. The number of thiazole rings is 1. The van der Waals surface area contributed by atoms with Gasteiger partial charge in [0, 0.05) is 35.2 Å². The summed E-state index contributed by atoms with van der Waals surface area (Å²) >= 11 is 1.41. The van der Waals surface area contributed by atoms with Crippen molar-refractivity contribution in [3.63, 3.8) is 0 Å². The summed E-state index contributed by atoms with van der Waals surface area (Å²) in [6, 6.07) is 11.6. The molecular formula is C22H20N2O3S. The summed E-state index contributed by atoms with van der Waals surface area (Å²) in [6.45, 7) is 0. The van der Waals surface area contributed by atoms with E-state index in [1.165, 1.54) is 29.2 Å². The second-order valence-electron chi connectivity index (χ2n) is 6.78. The molecule has 2 aromatic heterocycles. The van der Waals surface area contributed by atoms with Crippen LogP contribution in [0.5, 0.6) is 5.75 Å². The summed E-state index contributed by atoms with van der Waals surface area (Å²) in [6.07, 6.45) is 7.70. The molecule has 0 bridgehead atoms. The molecule has 0 spiro atoms. The van der Waals surface area contributed by atoms with E-state index in [9.17, 15) is 15.0 Å². The van der Waals surface area contributed by atoms with Gasteiger partial charge in [0.05, 0.1) is 17.4 Å². The second-order valence-corrected chi connectivity index (χ2v) is 7.50. The summed E-state index contributed by atoms with van der Waals surface area (Å²) < 4.78 is 1.81. The van der Waals surface area contributed by atoms with Crippen molar-refractivity contribution in [2.75, 3.05) is 0 Å². The fraction of sp³-hybridized carbons (Fsp3) is 0.182. The molecule has 2 heterocycles. The first kappa shape index (κ1) is 18.4. The topological polar surface area (TPSA) is 75.3 Å². The predicted molar refractivity (Wildman–Crippen MR) is 110 cm³/mol. The smallest absolute Gasteiger partial charge is 0.223 e. The van der Waals surface area contributed by atoms with Gasteiger partial charge < -0.3 is 14.8 Å². The number of aliphatic hydroxyl groups is 1. The zero-order chi connectivity index (χ0) is 19.5. The molecule has 1 aliphatic rings. The van der Waals surface area contributed by atoms with Gasteiger partial charge in [0.1, 0.15) is 6.10 Å². The molecule has 1 aromatic carbocycles. The van der Waals surface area contributed by atoms with Crippen LogP contribution < -0.4 is 5.43 Å². The molecule has 0 saturated heterocycles. The molecule has 0 aliphatic heterocycles. The molecule has 0 fully saturated rings. The first-order chi connectivity index (χ1) is 13.6. The van der Waals surface area contributed by atoms with E-state index in [2.05, 4.69) is 23.2 Å². The van der Waals surface area contributed by atoms with Gasteiger partial charge in [-0.2, -0.15) is 0 Å².